The lowest BCUT2D eigenvalue weighted by atomic mass is 9.95. The Kier molecular flexibility index (Phi) is 8.37. The molecule has 1 unspecified atom stereocenters. The van der Waals surface area contributed by atoms with Crippen molar-refractivity contribution in [1.29, 1.82) is 0 Å². The Morgan fingerprint density at radius 3 is 2.50 bits per heavy atom. The molecule has 2 N–H and O–H groups in total. The molecule has 3 fully saturated rings. The van der Waals surface area contributed by atoms with Crippen molar-refractivity contribution in [2.75, 3.05) is 51.1 Å². The summed E-state index contributed by atoms with van der Waals surface area (Å²) in [4.78, 5) is 43.4. The highest BCUT2D eigenvalue weighted by atomic mass is 19.1. The van der Waals surface area contributed by atoms with E-state index in [2.05, 4.69) is 15.5 Å². The van der Waals surface area contributed by atoms with E-state index in [1.165, 1.54) is 12.1 Å². The van der Waals surface area contributed by atoms with Crippen LogP contribution in [0, 0.1) is 11.7 Å². The first-order valence-electron chi connectivity index (χ1n) is 12.6. The Morgan fingerprint density at radius 1 is 1.06 bits per heavy atom. The molecule has 1 aromatic carbocycles. The summed E-state index contributed by atoms with van der Waals surface area (Å²) in [5, 5.41) is 5.88. The standard InChI is InChI=1S/C25H36FN5O3/c26-20-8-3-9-21(18-20)28-25(34)31-16-14-30(15-17-31)23(19-6-1-2-7-19)24(33)27-11-5-13-29-12-4-10-22(29)32/h3,8-9,18-19,23H,1-2,4-7,10-17H2,(H,27,33)(H,28,34). The van der Waals surface area contributed by atoms with Crippen molar-refractivity contribution in [3.05, 3.63) is 30.1 Å². The number of anilines is 1. The highest BCUT2D eigenvalue weighted by Crippen LogP contribution is 2.31. The first-order valence-corrected chi connectivity index (χ1v) is 12.6. The van der Waals surface area contributed by atoms with Crippen LogP contribution < -0.4 is 10.6 Å². The van der Waals surface area contributed by atoms with Crippen molar-refractivity contribution in [1.82, 2.24) is 20.0 Å². The molecule has 186 valence electrons. The van der Waals surface area contributed by atoms with Gasteiger partial charge >= 0.3 is 6.03 Å². The first-order chi connectivity index (χ1) is 16.5. The lowest BCUT2D eigenvalue weighted by Gasteiger charge is -2.40. The van der Waals surface area contributed by atoms with E-state index in [0.29, 0.717) is 57.3 Å². The molecule has 0 radical (unpaired) electrons. The first kappa shape index (κ1) is 24.4. The van der Waals surface area contributed by atoms with Gasteiger partial charge in [-0.3, -0.25) is 14.5 Å². The van der Waals surface area contributed by atoms with Crippen molar-refractivity contribution in [2.24, 2.45) is 5.92 Å². The monoisotopic (exact) mass is 473 g/mol. The van der Waals surface area contributed by atoms with E-state index in [0.717, 1.165) is 45.1 Å². The van der Waals surface area contributed by atoms with Gasteiger partial charge in [-0.05, 0) is 49.8 Å². The third-order valence-electron chi connectivity index (χ3n) is 7.26. The number of nitrogens with zero attached hydrogens (tertiary/aromatic N) is 3. The molecular formula is C25H36FN5O3. The van der Waals surface area contributed by atoms with Gasteiger partial charge in [-0.15, -0.1) is 0 Å². The zero-order chi connectivity index (χ0) is 23.9. The SMILES string of the molecule is O=C(NCCCN1CCCC1=O)C(C1CCCC1)N1CCN(C(=O)Nc2cccc(F)c2)CC1. The topological polar surface area (TPSA) is 85.0 Å². The van der Waals surface area contributed by atoms with Crippen molar-refractivity contribution in [3.8, 4) is 0 Å². The van der Waals surface area contributed by atoms with Crippen LogP contribution in [0.1, 0.15) is 44.9 Å². The molecule has 0 bridgehead atoms. The molecule has 34 heavy (non-hydrogen) atoms. The minimum atomic E-state index is -0.389. The fourth-order valence-corrected chi connectivity index (χ4v) is 5.45. The van der Waals surface area contributed by atoms with Crippen LogP contribution in [0.3, 0.4) is 0 Å². The van der Waals surface area contributed by atoms with Crippen LogP contribution in [0.5, 0.6) is 0 Å². The molecule has 1 saturated carbocycles. The molecule has 2 saturated heterocycles. The van der Waals surface area contributed by atoms with Crippen LogP contribution in [0.15, 0.2) is 24.3 Å². The molecule has 2 heterocycles. The molecule has 9 heteroatoms. The van der Waals surface area contributed by atoms with Gasteiger partial charge in [0.15, 0.2) is 0 Å². The minimum Gasteiger partial charge on any atom is -0.355 e. The number of rotatable bonds is 8. The molecule has 4 amide bonds. The number of hydrogen-bond acceptors (Lipinski definition) is 4. The molecular weight excluding hydrogens is 437 g/mol. The number of amides is 4. The van der Waals surface area contributed by atoms with Crippen LogP contribution >= 0.6 is 0 Å². The maximum atomic E-state index is 13.4. The minimum absolute atomic E-state index is 0.0670. The second-order valence-corrected chi connectivity index (χ2v) is 9.58. The fourth-order valence-electron chi connectivity index (χ4n) is 5.45. The highest BCUT2D eigenvalue weighted by molar-refractivity contribution is 5.89. The number of nitrogens with one attached hydrogen (secondary N) is 2. The second-order valence-electron chi connectivity index (χ2n) is 9.58. The van der Waals surface area contributed by atoms with Gasteiger partial charge in [0.1, 0.15) is 5.82 Å². The summed E-state index contributed by atoms with van der Waals surface area (Å²) in [6.07, 6.45) is 6.76. The van der Waals surface area contributed by atoms with E-state index < -0.39 is 0 Å². The highest BCUT2D eigenvalue weighted by Gasteiger charge is 2.37. The molecule has 3 aliphatic rings. The molecule has 1 atom stereocenters. The van der Waals surface area contributed by atoms with E-state index >= 15 is 0 Å². The van der Waals surface area contributed by atoms with Gasteiger partial charge in [0.25, 0.3) is 0 Å². The molecule has 4 rings (SSSR count). The number of benzene rings is 1. The van der Waals surface area contributed by atoms with Gasteiger partial charge in [0.05, 0.1) is 6.04 Å². The van der Waals surface area contributed by atoms with Crippen molar-refractivity contribution >= 4 is 23.5 Å². The summed E-state index contributed by atoms with van der Waals surface area (Å²) in [5.74, 6) is 0.236. The number of piperazine rings is 1. The zero-order valence-corrected chi connectivity index (χ0v) is 19.8. The molecule has 8 nitrogen and oxygen atoms in total. The van der Waals surface area contributed by atoms with Gasteiger partial charge in [-0.1, -0.05) is 18.9 Å². The molecule has 0 spiro atoms. The third-order valence-corrected chi connectivity index (χ3v) is 7.26. The third kappa shape index (κ3) is 6.25. The number of halogens is 1. The maximum absolute atomic E-state index is 13.4. The maximum Gasteiger partial charge on any atom is 0.321 e. The Hall–Kier alpha value is -2.68. The summed E-state index contributed by atoms with van der Waals surface area (Å²) in [6, 6.07) is 5.45. The average Bonchev–Trinajstić information content (AvgIpc) is 3.49. The quantitative estimate of drug-likeness (QED) is 0.569. The summed E-state index contributed by atoms with van der Waals surface area (Å²) in [6.45, 7) is 4.41. The lowest BCUT2D eigenvalue weighted by Crippen LogP contribution is -2.58. The van der Waals surface area contributed by atoms with E-state index in [1.54, 1.807) is 17.0 Å². The number of carbonyl (C=O) groups is 3. The van der Waals surface area contributed by atoms with Gasteiger partial charge < -0.3 is 20.4 Å². The lowest BCUT2D eigenvalue weighted by molar-refractivity contribution is -0.129. The van der Waals surface area contributed by atoms with Crippen molar-refractivity contribution < 1.29 is 18.8 Å². The van der Waals surface area contributed by atoms with Gasteiger partial charge in [0, 0.05) is 57.9 Å². The zero-order valence-electron chi connectivity index (χ0n) is 19.8. The van der Waals surface area contributed by atoms with Crippen molar-refractivity contribution in [2.45, 2.75) is 51.0 Å². The van der Waals surface area contributed by atoms with Crippen LogP contribution in [-0.2, 0) is 9.59 Å². The smallest absolute Gasteiger partial charge is 0.321 e. The number of carbonyl (C=O) groups excluding carboxylic acids is 3. The van der Waals surface area contributed by atoms with Crippen LogP contribution in [-0.4, -0.2) is 84.4 Å². The Balaban J connectivity index is 1.27. The van der Waals surface area contributed by atoms with Gasteiger partial charge in [-0.2, -0.15) is 0 Å². The fraction of sp³-hybridized carbons (Fsp3) is 0.640. The summed E-state index contributed by atoms with van der Waals surface area (Å²) < 4.78 is 13.4. The van der Waals surface area contributed by atoms with Gasteiger partial charge in [0.2, 0.25) is 11.8 Å². The van der Waals surface area contributed by atoms with Gasteiger partial charge in [-0.25, -0.2) is 9.18 Å². The Morgan fingerprint density at radius 2 is 1.82 bits per heavy atom. The predicted molar refractivity (Wildman–Crippen MR) is 128 cm³/mol. The summed E-state index contributed by atoms with van der Waals surface area (Å²) >= 11 is 0. The molecule has 2 aliphatic heterocycles. The number of likely N-dealkylation sites (tertiary alicyclic amines) is 1. The van der Waals surface area contributed by atoms with E-state index in [9.17, 15) is 18.8 Å². The largest absolute Gasteiger partial charge is 0.355 e. The number of urea groups is 1. The van der Waals surface area contributed by atoms with Crippen LogP contribution in [0.4, 0.5) is 14.9 Å². The molecule has 1 aromatic rings. The predicted octanol–water partition coefficient (Wildman–Crippen LogP) is 2.66. The summed E-state index contributed by atoms with van der Waals surface area (Å²) in [5.41, 5.74) is 0.436. The van der Waals surface area contributed by atoms with Crippen molar-refractivity contribution in [3.63, 3.8) is 0 Å². The number of hydrogen-bond donors (Lipinski definition) is 2. The molecule has 1 aliphatic carbocycles. The van der Waals surface area contributed by atoms with E-state index in [1.807, 2.05) is 4.90 Å². The molecule has 0 aromatic heterocycles. The van der Waals surface area contributed by atoms with E-state index in [-0.39, 0.29) is 29.7 Å². The van der Waals surface area contributed by atoms with Crippen LogP contribution in [0.25, 0.3) is 0 Å². The second kappa shape index (κ2) is 11.6. The Labute approximate surface area is 200 Å². The normalized spacial score (nSPS) is 20.6. The Bertz CT molecular complexity index is 868. The van der Waals surface area contributed by atoms with E-state index in [4.69, 9.17) is 0 Å². The van der Waals surface area contributed by atoms with Crippen LogP contribution in [0.2, 0.25) is 0 Å². The summed E-state index contributed by atoms with van der Waals surface area (Å²) in [7, 11) is 0. The average molecular weight is 474 g/mol.